The third-order valence-electron chi connectivity index (χ3n) is 3.38. The van der Waals surface area contributed by atoms with E-state index in [0.717, 1.165) is 0 Å². The van der Waals surface area contributed by atoms with Gasteiger partial charge in [0.2, 0.25) is 0 Å². The zero-order valence-electron chi connectivity index (χ0n) is 14.5. The molecule has 1 unspecified atom stereocenters. The van der Waals surface area contributed by atoms with Crippen LogP contribution < -0.4 is 5.32 Å². The van der Waals surface area contributed by atoms with E-state index in [1.54, 1.807) is 16.9 Å². The summed E-state index contributed by atoms with van der Waals surface area (Å²) in [5.74, 6) is -3.23. The van der Waals surface area contributed by atoms with Crippen LogP contribution in [0.2, 0.25) is 0 Å². The Morgan fingerprint density at radius 1 is 1.15 bits per heavy atom. The van der Waals surface area contributed by atoms with Crippen LogP contribution in [0.1, 0.15) is 37.2 Å². The molecule has 0 bridgehead atoms. The molecule has 0 saturated heterocycles. The first kappa shape index (κ1) is 19.9. The average Bonchev–Trinajstić information content (AvgIpc) is 3.03. The smallest absolute Gasteiger partial charge is 0.338 e. The van der Waals surface area contributed by atoms with Gasteiger partial charge >= 0.3 is 5.97 Å². The molecule has 0 saturated carbocycles. The minimum absolute atomic E-state index is 0.0581. The zero-order chi connectivity index (χ0) is 19.3. The highest BCUT2D eigenvalue weighted by Gasteiger charge is 2.20. The maximum Gasteiger partial charge on any atom is 0.338 e. The Bertz CT molecular complexity index is 763. The van der Waals surface area contributed by atoms with Crippen molar-refractivity contribution in [2.45, 2.75) is 43.6 Å². The Hall–Kier alpha value is -2.42. The molecule has 0 aliphatic heterocycles. The summed E-state index contributed by atoms with van der Waals surface area (Å²) >= 11 is 0.386. The van der Waals surface area contributed by atoms with Crippen molar-refractivity contribution in [1.82, 2.24) is 9.78 Å². The van der Waals surface area contributed by atoms with Gasteiger partial charge in [0.1, 0.15) is 5.82 Å². The number of ether oxygens (including phenoxy) is 1. The standard InChI is InChI=1S/C17H19F2N3O3S/c1-10(2)22-14(8-9-20-22)21-15(23)11(3)25-16(24)12-4-6-13(7-5-12)26-17(18)19/h4-11,17H,1-3H3,(H,21,23). The second kappa shape index (κ2) is 8.79. The predicted molar refractivity (Wildman–Crippen MR) is 94.4 cm³/mol. The number of thioether (sulfide) groups is 1. The molecule has 1 amide bonds. The molecular weight excluding hydrogens is 364 g/mol. The average molecular weight is 383 g/mol. The molecule has 6 nitrogen and oxygen atoms in total. The molecule has 2 rings (SSSR count). The molecule has 1 heterocycles. The SMILES string of the molecule is CC(OC(=O)c1ccc(SC(F)F)cc1)C(=O)Nc1ccnn1C(C)C. The lowest BCUT2D eigenvalue weighted by Crippen LogP contribution is -2.31. The van der Waals surface area contributed by atoms with Crippen LogP contribution in [0.3, 0.4) is 0 Å². The van der Waals surface area contributed by atoms with Crippen LogP contribution in [0.4, 0.5) is 14.6 Å². The number of halogens is 2. The first-order valence-corrected chi connectivity index (χ1v) is 8.76. The van der Waals surface area contributed by atoms with Crippen LogP contribution in [0.15, 0.2) is 41.4 Å². The molecule has 0 spiro atoms. The molecule has 1 aromatic carbocycles. The topological polar surface area (TPSA) is 73.2 Å². The minimum atomic E-state index is -2.53. The number of aromatic nitrogens is 2. The van der Waals surface area contributed by atoms with E-state index in [1.165, 1.54) is 31.2 Å². The van der Waals surface area contributed by atoms with E-state index < -0.39 is 23.7 Å². The number of nitrogens with zero attached hydrogens (tertiary/aromatic N) is 2. The fourth-order valence-electron chi connectivity index (χ4n) is 2.11. The fraction of sp³-hybridized carbons (Fsp3) is 0.353. The van der Waals surface area contributed by atoms with Crippen LogP contribution in [0.25, 0.3) is 0 Å². The van der Waals surface area contributed by atoms with E-state index >= 15 is 0 Å². The number of rotatable bonds is 7. The monoisotopic (exact) mass is 383 g/mol. The van der Waals surface area contributed by atoms with Gasteiger partial charge in [0.15, 0.2) is 6.10 Å². The van der Waals surface area contributed by atoms with Crippen molar-refractivity contribution in [3.05, 3.63) is 42.1 Å². The molecule has 0 fully saturated rings. The number of benzene rings is 1. The van der Waals surface area contributed by atoms with E-state index in [9.17, 15) is 18.4 Å². The lowest BCUT2D eigenvalue weighted by atomic mass is 10.2. The Balaban J connectivity index is 1.95. The van der Waals surface area contributed by atoms with Gasteiger partial charge in [-0.2, -0.15) is 13.9 Å². The Morgan fingerprint density at radius 2 is 1.81 bits per heavy atom. The van der Waals surface area contributed by atoms with Gasteiger partial charge in [-0.25, -0.2) is 9.48 Å². The third-order valence-corrected chi connectivity index (χ3v) is 4.10. The van der Waals surface area contributed by atoms with Crippen molar-refractivity contribution in [3.63, 3.8) is 0 Å². The molecule has 140 valence electrons. The molecule has 0 aliphatic rings. The highest BCUT2D eigenvalue weighted by Crippen LogP contribution is 2.25. The summed E-state index contributed by atoms with van der Waals surface area (Å²) in [4.78, 5) is 24.6. The van der Waals surface area contributed by atoms with Gasteiger partial charge in [-0.3, -0.25) is 4.79 Å². The van der Waals surface area contributed by atoms with E-state index in [1.807, 2.05) is 13.8 Å². The van der Waals surface area contributed by atoms with Crippen molar-refractivity contribution < 1.29 is 23.1 Å². The molecule has 1 N–H and O–H groups in total. The molecule has 0 radical (unpaired) electrons. The van der Waals surface area contributed by atoms with Gasteiger partial charge in [-0.1, -0.05) is 11.8 Å². The number of carbonyl (C=O) groups excluding carboxylic acids is 2. The van der Waals surface area contributed by atoms with Crippen LogP contribution in [-0.2, 0) is 9.53 Å². The number of anilines is 1. The number of alkyl halides is 2. The van der Waals surface area contributed by atoms with E-state index in [-0.39, 0.29) is 11.6 Å². The highest BCUT2D eigenvalue weighted by atomic mass is 32.2. The van der Waals surface area contributed by atoms with Crippen LogP contribution >= 0.6 is 11.8 Å². The number of amides is 1. The summed E-state index contributed by atoms with van der Waals surface area (Å²) in [6.45, 7) is 5.29. The normalized spacial score (nSPS) is 12.3. The molecule has 1 aromatic heterocycles. The first-order chi connectivity index (χ1) is 12.3. The molecular formula is C17H19F2N3O3S. The minimum Gasteiger partial charge on any atom is -0.449 e. The van der Waals surface area contributed by atoms with E-state index in [0.29, 0.717) is 22.5 Å². The summed E-state index contributed by atoms with van der Waals surface area (Å²) in [7, 11) is 0. The number of hydrogen-bond donors (Lipinski definition) is 1. The first-order valence-electron chi connectivity index (χ1n) is 7.88. The molecule has 0 aliphatic carbocycles. The quantitative estimate of drug-likeness (QED) is 0.579. The fourth-order valence-corrected chi connectivity index (χ4v) is 2.61. The van der Waals surface area contributed by atoms with Crippen LogP contribution in [-0.4, -0.2) is 33.5 Å². The van der Waals surface area contributed by atoms with Gasteiger partial charge in [-0.15, -0.1) is 0 Å². The van der Waals surface area contributed by atoms with Gasteiger partial charge in [-0.05, 0) is 45.0 Å². The van der Waals surface area contributed by atoms with Gasteiger partial charge in [0.05, 0.1) is 11.8 Å². The predicted octanol–water partition coefficient (Wildman–Crippen LogP) is 3.96. The summed E-state index contributed by atoms with van der Waals surface area (Å²) in [6, 6.07) is 7.27. The Morgan fingerprint density at radius 3 is 2.38 bits per heavy atom. The molecule has 1 atom stereocenters. The summed E-state index contributed by atoms with van der Waals surface area (Å²) in [5.41, 5.74) is 0.176. The van der Waals surface area contributed by atoms with Crippen molar-refractivity contribution in [3.8, 4) is 0 Å². The largest absolute Gasteiger partial charge is 0.449 e. The van der Waals surface area contributed by atoms with E-state index in [2.05, 4.69) is 10.4 Å². The van der Waals surface area contributed by atoms with Crippen molar-refractivity contribution in [2.75, 3.05) is 5.32 Å². The van der Waals surface area contributed by atoms with Gasteiger partial charge < -0.3 is 10.1 Å². The maximum atomic E-state index is 12.3. The zero-order valence-corrected chi connectivity index (χ0v) is 15.3. The third kappa shape index (κ3) is 5.29. The Kier molecular flexibility index (Phi) is 6.73. The van der Waals surface area contributed by atoms with Crippen molar-refractivity contribution in [2.24, 2.45) is 0 Å². The number of esters is 1. The lowest BCUT2D eigenvalue weighted by molar-refractivity contribution is -0.123. The number of nitrogens with one attached hydrogen (secondary N) is 1. The second-order valence-corrected chi connectivity index (χ2v) is 6.76. The van der Waals surface area contributed by atoms with Gasteiger partial charge in [0, 0.05) is 17.0 Å². The summed E-state index contributed by atoms with van der Waals surface area (Å²) < 4.78 is 31.4. The maximum absolute atomic E-state index is 12.3. The van der Waals surface area contributed by atoms with Crippen LogP contribution in [0.5, 0.6) is 0 Å². The molecule has 2 aromatic rings. The van der Waals surface area contributed by atoms with Crippen molar-refractivity contribution >= 4 is 29.5 Å². The highest BCUT2D eigenvalue weighted by molar-refractivity contribution is 7.99. The van der Waals surface area contributed by atoms with Crippen molar-refractivity contribution in [1.29, 1.82) is 0 Å². The summed E-state index contributed by atoms with van der Waals surface area (Å²) in [5, 5.41) is 6.76. The number of carbonyl (C=O) groups is 2. The molecule has 9 heteroatoms. The summed E-state index contributed by atoms with van der Waals surface area (Å²) in [6.07, 6.45) is 0.527. The van der Waals surface area contributed by atoms with Crippen LogP contribution in [0, 0.1) is 0 Å². The Labute approximate surface area is 153 Å². The second-order valence-electron chi connectivity index (χ2n) is 5.69. The van der Waals surface area contributed by atoms with E-state index in [4.69, 9.17) is 4.74 Å². The lowest BCUT2D eigenvalue weighted by Gasteiger charge is -2.15. The molecule has 26 heavy (non-hydrogen) atoms. The number of hydrogen-bond acceptors (Lipinski definition) is 5. The van der Waals surface area contributed by atoms with Gasteiger partial charge in [0.25, 0.3) is 11.7 Å².